The van der Waals surface area contributed by atoms with E-state index in [2.05, 4.69) is 54.2 Å². The molecule has 1 aliphatic rings. The Morgan fingerprint density at radius 1 is 1.26 bits per heavy atom. The molecule has 0 amide bonds. The fourth-order valence-corrected chi connectivity index (χ4v) is 3.27. The molecule has 0 bridgehead atoms. The van der Waals surface area contributed by atoms with E-state index in [4.69, 9.17) is 5.73 Å². The molecule has 0 saturated heterocycles. The van der Waals surface area contributed by atoms with Gasteiger partial charge in [-0.3, -0.25) is 9.89 Å². The number of nitrogens with two attached hydrogens (primary N) is 1. The van der Waals surface area contributed by atoms with Gasteiger partial charge in [0.2, 0.25) is 0 Å². The number of anilines is 1. The van der Waals surface area contributed by atoms with Crippen LogP contribution in [-0.4, -0.2) is 36.5 Å². The summed E-state index contributed by atoms with van der Waals surface area (Å²) in [6.45, 7) is 9.40. The van der Waals surface area contributed by atoms with Crippen LogP contribution in [0.15, 0.2) is 23.2 Å². The number of hydrogen-bond acceptors (Lipinski definition) is 2. The number of hydrogen-bond donors (Lipinski definition) is 2. The molecule has 2 rings (SSSR count). The largest absolute Gasteiger partial charge is 0.370 e. The fourth-order valence-electron chi connectivity index (χ4n) is 3.27. The van der Waals surface area contributed by atoms with Crippen molar-refractivity contribution >= 4 is 35.6 Å². The van der Waals surface area contributed by atoms with Gasteiger partial charge in [0.25, 0.3) is 0 Å². The van der Waals surface area contributed by atoms with Crippen LogP contribution in [0.1, 0.15) is 44.7 Å². The maximum atomic E-state index is 6.09. The Bertz CT molecular complexity index is 512. The third-order valence-corrected chi connectivity index (χ3v) is 4.62. The second-order valence-corrected chi connectivity index (χ2v) is 6.07. The van der Waals surface area contributed by atoms with E-state index < -0.39 is 0 Å². The average molecular weight is 430 g/mol. The number of halogens is 1. The Morgan fingerprint density at radius 2 is 1.96 bits per heavy atom. The summed E-state index contributed by atoms with van der Waals surface area (Å²) < 4.78 is 0. The summed E-state index contributed by atoms with van der Waals surface area (Å²) in [4.78, 5) is 6.92. The zero-order chi connectivity index (χ0) is 15.9. The van der Waals surface area contributed by atoms with Crippen molar-refractivity contribution in [3.05, 3.63) is 29.3 Å². The van der Waals surface area contributed by atoms with Crippen LogP contribution in [0.25, 0.3) is 0 Å². The molecule has 4 nitrogen and oxygen atoms in total. The molecule has 0 heterocycles. The summed E-state index contributed by atoms with van der Waals surface area (Å²) in [5.74, 6) is 0.526. The van der Waals surface area contributed by atoms with Gasteiger partial charge in [0.05, 0.1) is 6.54 Å². The zero-order valence-electron chi connectivity index (χ0n) is 14.6. The molecule has 0 aliphatic heterocycles. The fraction of sp³-hybridized carbons (Fsp3) is 0.611. The Kier molecular flexibility index (Phi) is 8.91. The van der Waals surface area contributed by atoms with Gasteiger partial charge >= 0.3 is 0 Å². The molecular weight excluding hydrogens is 399 g/mol. The van der Waals surface area contributed by atoms with E-state index in [1.165, 1.54) is 30.4 Å². The topological polar surface area (TPSA) is 53.6 Å². The molecule has 5 heteroatoms. The molecule has 0 saturated carbocycles. The van der Waals surface area contributed by atoms with E-state index >= 15 is 0 Å². The summed E-state index contributed by atoms with van der Waals surface area (Å²) in [5, 5.41) is 3.31. The molecule has 0 spiro atoms. The number of aliphatic imine (C=N–C) groups is 1. The van der Waals surface area contributed by atoms with Gasteiger partial charge in [-0.25, -0.2) is 0 Å². The molecule has 130 valence electrons. The first-order valence-electron chi connectivity index (χ1n) is 8.57. The lowest BCUT2D eigenvalue weighted by Crippen LogP contribution is -2.36. The zero-order valence-corrected chi connectivity index (χ0v) is 17.0. The van der Waals surface area contributed by atoms with Crippen molar-refractivity contribution in [2.24, 2.45) is 10.7 Å². The summed E-state index contributed by atoms with van der Waals surface area (Å²) in [6.07, 6.45) is 4.88. The van der Waals surface area contributed by atoms with Crippen molar-refractivity contribution in [1.29, 1.82) is 0 Å². The number of nitrogens with zero attached hydrogens (tertiary/aromatic N) is 2. The predicted molar refractivity (Wildman–Crippen MR) is 111 cm³/mol. The highest BCUT2D eigenvalue weighted by molar-refractivity contribution is 14.0. The van der Waals surface area contributed by atoms with Gasteiger partial charge in [-0.1, -0.05) is 26.0 Å². The Balaban J connectivity index is 0.00000264. The average Bonchev–Trinajstić information content (AvgIpc) is 2.54. The first kappa shape index (κ1) is 20.2. The molecule has 0 aromatic heterocycles. The smallest absolute Gasteiger partial charge is 0.193 e. The van der Waals surface area contributed by atoms with E-state index in [1.807, 2.05) is 0 Å². The highest BCUT2D eigenvalue weighted by Gasteiger charge is 2.13. The first-order valence-corrected chi connectivity index (χ1v) is 8.57. The number of benzene rings is 1. The third kappa shape index (κ3) is 5.64. The van der Waals surface area contributed by atoms with Crippen molar-refractivity contribution < 1.29 is 0 Å². The Hall–Kier alpha value is -0.820. The molecule has 1 aromatic carbocycles. The number of aryl methyl sites for hydroxylation is 1. The maximum absolute atomic E-state index is 6.09. The minimum Gasteiger partial charge on any atom is -0.370 e. The number of rotatable bonds is 6. The van der Waals surface area contributed by atoms with Crippen molar-refractivity contribution in [1.82, 2.24) is 4.90 Å². The molecule has 1 aromatic rings. The third-order valence-electron chi connectivity index (χ3n) is 4.62. The van der Waals surface area contributed by atoms with Crippen LogP contribution in [-0.2, 0) is 12.8 Å². The molecule has 3 N–H and O–H groups in total. The molecule has 0 radical (unpaired) electrons. The van der Waals surface area contributed by atoms with Crippen LogP contribution < -0.4 is 11.1 Å². The number of nitrogens with one attached hydrogen (secondary N) is 1. The molecule has 23 heavy (non-hydrogen) atoms. The minimum atomic E-state index is 0. The van der Waals surface area contributed by atoms with E-state index in [1.54, 1.807) is 0 Å². The van der Waals surface area contributed by atoms with Crippen LogP contribution in [0.4, 0.5) is 5.69 Å². The summed E-state index contributed by atoms with van der Waals surface area (Å²) in [5.41, 5.74) is 10.1. The molecule has 0 fully saturated rings. The maximum Gasteiger partial charge on any atom is 0.193 e. The standard InChI is InChI=1S/C18H30N4.HI/c1-4-22(5-2)14(3)13-20-18(19)21-17-12-8-10-15-9-6-7-11-16(15)17;/h8,10,12,14H,4-7,9,11,13H2,1-3H3,(H3,19,20,21);1H. The predicted octanol–water partition coefficient (Wildman–Crippen LogP) is 3.64. The van der Waals surface area contributed by atoms with Gasteiger partial charge in [0.15, 0.2) is 5.96 Å². The second-order valence-electron chi connectivity index (χ2n) is 6.07. The van der Waals surface area contributed by atoms with Crippen molar-refractivity contribution in [3.8, 4) is 0 Å². The number of fused-ring (bicyclic) bond motifs is 1. The quantitative estimate of drug-likeness (QED) is 0.412. The molecule has 1 aliphatic carbocycles. The van der Waals surface area contributed by atoms with Gasteiger partial charge in [0, 0.05) is 11.7 Å². The minimum absolute atomic E-state index is 0. The summed E-state index contributed by atoms with van der Waals surface area (Å²) in [6, 6.07) is 6.87. The lowest BCUT2D eigenvalue weighted by Gasteiger charge is -2.25. The normalized spacial score (nSPS) is 15.7. The van der Waals surface area contributed by atoms with Gasteiger partial charge in [-0.15, -0.1) is 24.0 Å². The van der Waals surface area contributed by atoms with E-state index in [9.17, 15) is 0 Å². The van der Waals surface area contributed by atoms with Crippen molar-refractivity contribution in [2.75, 3.05) is 25.0 Å². The second kappa shape index (κ2) is 10.1. The molecular formula is C18H31IN4. The molecule has 1 atom stereocenters. The monoisotopic (exact) mass is 430 g/mol. The van der Waals surface area contributed by atoms with Gasteiger partial charge < -0.3 is 11.1 Å². The van der Waals surface area contributed by atoms with Crippen molar-refractivity contribution in [3.63, 3.8) is 0 Å². The SMILES string of the molecule is CCN(CC)C(C)CN=C(N)Nc1cccc2c1CCCC2.I. The number of guanidine groups is 1. The molecule has 1 unspecified atom stereocenters. The van der Waals surface area contributed by atoms with E-state index in [-0.39, 0.29) is 24.0 Å². The first-order chi connectivity index (χ1) is 10.7. The van der Waals surface area contributed by atoms with Crippen LogP contribution in [0.5, 0.6) is 0 Å². The lowest BCUT2D eigenvalue weighted by atomic mass is 9.90. The Labute approximate surface area is 157 Å². The highest BCUT2D eigenvalue weighted by atomic mass is 127. The van der Waals surface area contributed by atoms with Crippen LogP contribution >= 0.6 is 24.0 Å². The van der Waals surface area contributed by atoms with Crippen molar-refractivity contribution in [2.45, 2.75) is 52.5 Å². The lowest BCUT2D eigenvalue weighted by molar-refractivity contribution is 0.237. The van der Waals surface area contributed by atoms with E-state index in [0.717, 1.165) is 31.7 Å². The summed E-state index contributed by atoms with van der Waals surface area (Å²) in [7, 11) is 0. The van der Waals surface area contributed by atoms with E-state index in [0.29, 0.717) is 12.0 Å². The van der Waals surface area contributed by atoms with Gasteiger partial charge in [-0.05, 0) is 62.9 Å². The Morgan fingerprint density at radius 3 is 2.65 bits per heavy atom. The van der Waals surface area contributed by atoms with Crippen LogP contribution in [0, 0.1) is 0 Å². The highest BCUT2D eigenvalue weighted by Crippen LogP contribution is 2.27. The van der Waals surface area contributed by atoms with Gasteiger partial charge in [0.1, 0.15) is 0 Å². The number of likely N-dealkylation sites (N-methyl/N-ethyl adjacent to an activating group) is 1. The summed E-state index contributed by atoms with van der Waals surface area (Å²) >= 11 is 0. The van der Waals surface area contributed by atoms with Crippen LogP contribution in [0.2, 0.25) is 0 Å². The van der Waals surface area contributed by atoms with Gasteiger partial charge in [-0.2, -0.15) is 0 Å². The van der Waals surface area contributed by atoms with Crippen LogP contribution in [0.3, 0.4) is 0 Å².